The quantitative estimate of drug-likeness (QED) is 0.477. The Morgan fingerprint density at radius 2 is 2.00 bits per heavy atom. The molecule has 0 aliphatic heterocycles. The third-order valence-electron chi connectivity index (χ3n) is 2.40. The number of carbonyl (C=O) groups excluding carboxylic acids is 1. The third-order valence-corrected chi connectivity index (χ3v) is 2.85. The lowest BCUT2D eigenvalue weighted by Gasteiger charge is -2.08. The first-order chi connectivity index (χ1) is 9.49. The molecule has 0 radical (unpaired) electrons. The average molecular weight is 340 g/mol. The number of hydrogen-bond acceptors (Lipinski definition) is 4. The second-order valence-electron chi connectivity index (χ2n) is 3.80. The summed E-state index contributed by atoms with van der Waals surface area (Å²) in [5.74, 6) is -0.221. The van der Waals surface area contributed by atoms with E-state index in [2.05, 4.69) is 15.9 Å². The van der Waals surface area contributed by atoms with Crippen molar-refractivity contribution in [3.63, 3.8) is 0 Å². The zero-order valence-electron chi connectivity index (χ0n) is 9.88. The van der Waals surface area contributed by atoms with Crippen molar-refractivity contribution in [3.8, 4) is 11.5 Å². The van der Waals surface area contributed by atoms with Gasteiger partial charge in [0.15, 0.2) is 6.29 Å². The van der Waals surface area contributed by atoms with Gasteiger partial charge in [0.05, 0.1) is 10.5 Å². The van der Waals surface area contributed by atoms with E-state index in [9.17, 15) is 19.3 Å². The summed E-state index contributed by atoms with van der Waals surface area (Å²) in [5, 5.41) is 10.6. The van der Waals surface area contributed by atoms with Crippen LogP contribution in [0.4, 0.5) is 10.1 Å². The molecular weight excluding hydrogens is 333 g/mol. The van der Waals surface area contributed by atoms with Crippen molar-refractivity contribution in [2.24, 2.45) is 0 Å². The highest BCUT2D eigenvalue weighted by Gasteiger charge is 2.12. The summed E-state index contributed by atoms with van der Waals surface area (Å²) in [6, 6.07) is 7.50. The van der Waals surface area contributed by atoms with Crippen molar-refractivity contribution in [3.05, 3.63) is 62.4 Å². The van der Waals surface area contributed by atoms with Gasteiger partial charge in [-0.25, -0.2) is 4.39 Å². The number of nitro groups is 1. The van der Waals surface area contributed by atoms with Crippen molar-refractivity contribution in [1.82, 2.24) is 0 Å². The van der Waals surface area contributed by atoms with E-state index in [0.717, 1.165) is 12.1 Å². The summed E-state index contributed by atoms with van der Waals surface area (Å²) in [6.45, 7) is 0. The fourth-order valence-corrected chi connectivity index (χ4v) is 1.99. The molecule has 0 saturated heterocycles. The van der Waals surface area contributed by atoms with E-state index in [4.69, 9.17) is 4.74 Å². The molecule has 2 aromatic carbocycles. The van der Waals surface area contributed by atoms with E-state index in [1.807, 2.05) is 0 Å². The Hall–Kier alpha value is -2.28. The zero-order chi connectivity index (χ0) is 14.7. The van der Waals surface area contributed by atoms with Gasteiger partial charge in [0.2, 0.25) is 0 Å². The van der Waals surface area contributed by atoms with Gasteiger partial charge in [-0.2, -0.15) is 0 Å². The fourth-order valence-electron chi connectivity index (χ4n) is 1.55. The van der Waals surface area contributed by atoms with E-state index in [1.165, 1.54) is 24.3 Å². The largest absolute Gasteiger partial charge is 0.456 e. The maximum Gasteiger partial charge on any atom is 0.270 e. The van der Waals surface area contributed by atoms with Crippen LogP contribution in [0.25, 0.3) is 0 Å². The van der Waals surface area contributed by atoms with Crippen LogP contribution in [0.1, 0.15) is 10.4 Å². The van der Waals surface area contributed by atoms with E-state index >= 15 is 0 Å². The van der Waals surface area contributed by atoms with Crippen molar-refractivity contribution < 1.29 is 18.8 Å². The van der Waals surface area contributed by atoms with Gasteiger partial charge in [0.1, 0.15) is 17.3 Å². The highest BCUT2D eigenvalue weighted by Crippen LogP contribution is 2.29. The number of nitrogens with zero attached hydrogens (tertiary/aromatic N) is 1. The first-order valence-corrected chi connectivity index (χ1v) is 6.16. The Bertz CT molecular complexity index is 670. The Labute approximate surface area is 121 Å². The lowest BCUT2D eigenvalue weighted by molar-refractivity contribution is -0.384. The highest BCUT2D eigenvalue weighted by atomic mass is 79.9. The van der Waals surface area contributed by atoms with Gasteiger partial charge in [-0.15, -0.1) is 0 Å². The van der Waals surface area contributed by atoms with Gasteiger partial charge < -0.3 is 4.74 Å². The summed E-state index contributed by atoms with van der Waals surface area (Å²) in [5.41, 5.74) is -0.209. The van der Waals surface area contributed by atoms with Crippen LogP contribution in [0.3, 0.4) is 0 Å². The Morgan fingerprint density at radius 1 is 1.25 bits per heavy atom. The zero-order valence-corrected chi connectivity index (χ0v) is 11.5. The first-order valence-electron chi connectivity index (χ1n) is 5.37. The van der Waals surface area contributed by atoms with Crippen LogP contribution in [-0.4, -0.2) is 11.2 Å². The number of aldehydes is 1. The maximum atomic E-state index is 13.2. The highest BCUT2D eigenvalue weighted by molar-refractivity contribution is 9.10. The molecule has 7 heteroatoms. The molecule has 0 aromatic heterocycles. The van der Waals surface area contributed by atoms with Gasteiger partial charge in [0.25, 0.3) is 5.69 Å². The third kappa shape index (κ3) is 3.18. The van der Waals surface area contributed by atoms with Crippen LogP contribution in [0.15, 0.2) is 40.9 Å². The molecule has 0 heterocycles. The molecule has 0 N–H and O–H groups in total. The molecule has 2 rings (SSSR count). The number of rotatable bonds is 4. The molecule has 0 fully saturated rings. The Kier molecular flexibility index (Phi) is 4.09. The van der Waals surface area contributed by atoms with Gasteiger partial charge >= 0.3 is 0 Å². The molecule has 0 atom stereocenters. The second-order valence-corrected chi connectivity index (χ2v) is 4.72. The molecule has 0 amide bonds. The number of nitro benzene ring substituents is 1. The topological polar surface area (TPSA) is 69.4 Å². The van der Waals surface area contributed by atoms with E-state index in [0.29, 0.717) is 10.8 Å². The summed E-state index contributed by atoms with van der Waals surface area (Å²) >= 11 is 3.11. The van der Waals surface area contributed by atoms with Gasteiger partial charge in [0, 0.05) is 22.7 Å². The minimum atomic E-state index is -0.616. The molecular formula is C13H7BrFNO4. The van der Waals surface area contributed by atoms with E-state index in [-0.39, 0.29) is 22.7 Å². The average Bonchev–Trinajstić information content (AvgIpc) is 2.37. The molecule has 20 heavy (non-hydrogen) atoms. The predicted molar refractivity (Wildman–Crippen MR) is 72.7 cm³/mol. The first kappa shape index (κ1) is 14.1. The van der Waals surface area contributed by atoms with Crippen LogP contribution in [-0.2, 0) is 0 Å². The van der Waals surface area contributed by atoms with Crippen molar-refractivity contribution in [1.29, 1.82) is 0 Å². The molecule has 0 bridgehead atoms. The van der Waals surface area contributed by atoms with Crippen LogP contribution in [0.5, 0.6) is 11.5 Å². The lowest BCUT2D eigenvalue weighted by Crippen LogP contribution is -1.94. The fraction of sp³-hybridized carbons (Fsp3) is 0. The Balaban J connectivity index is 2.37. The monoisotopic (exact) mass is 339 g/mol. The minimum Gasteiger partial charge on any atom is -0.456 e. The Morgan fingerprint density at radius 3 is 2.60 bits per heavy atom. The molecule has 0 aliphatic rings. The number of benzene rings is 2. The molecule has 5 nitrogen and oxygen atoms in total. The van der Waals surface area contributed by atoms with Crippen LogP contribution in [0.2, 0.25) is 0 Å². The number of carbonyl (C=O) groups is 1. The van der Waals surface area contributed by atoms with Gasteiger partial charge in [-0.05, 0) is 18.2 Å². The van der Waals surface area contributed by atoms with Gasteiger partial charge in [-0.3, -0.25) is 14.9 Å². The van der Waals surface area contributed by atoms with Crippen molar-refractivity contribution in [2.75, 3.05) is 0 Å². The SMILES string of the molecule is O=Cc1cc([N+](=O)[O-])ccc1Oc1cc(F)cc(Br)c1. The normalized spacial score (nSPS) is 10.1. The molecule has 2 aromatic rings. The van der Waals surface area contributed by atoms with Crippen molar-refractivity contribution in [2.45, 2.75) is 0 Å². The molecule has 0 spiro atoms. The summed E-state index contributed by atoms with van der Waals surface area (Å²) in [6.07, 6.45) is 0.441. The molecule has 0 unspecified atom stereocenters. The summed E-state index contributed by atoms with van der Waals surface area (Å²) in [7, 11) is 0. The molecule has 102 valence electrons. The lowest BCUT2D eigenvalue weighted by atomic mass is 10.2. The number of non-ortho nitro benzene ring substituents is 1. The molecule has 0 saturated carbocycles. The van der Waals surface area contributed by atoms with Crippen molar-refractivity contribution >= 4 is 27.9 Å². The van der Waals surface area contributed by atoms with E-state index in [1.54, 1.807) is 0 Å². The summed E-state index contributed by atoms with van der Waals surface area (Å²) < 4.78 is 19.1. The number of ether oxygens (including phenoxy) is 1. The number of halogens is 2. The maximum absolute atomic E-state index is 13.2. The predicted octanol–water partition coefficient (Wildman–Crippen LogP) is 4.10. The smallest absolute Gasteiger partial charge is 0.270 e. The molecule has 0 aliphatic carbocycles. The van der Waals surface area contributed by atoms with Gasteiger partial charge in [-0.1, -0.05) is 15.9 Å². The number of hydrogen-bond donors (Lipinski definition) is 0. The van der Waals surface area contributed by atoms with E-state index < -0.39 is 10.7 Å². The van der Waals surface area contributed by atoms with Crippen LogP contribution >= 0.6 is 15.9 Å². The van der Waals surface area contributed by atoms with Crippen LogP contribution < -0.4 is 4.74 Å². The minimum absolute atomic E-state index is 0.0135. The standard InChI is InChI=1S/C13H7BrFNO4/c14-9-4-10(15)6-12(5-9)20-13-2-1-11(16(18)19)3-8(13)7-17/h1-7H. The summed E-state index contributed by atoms with van der Waals surface area (Å²) in [4.78, 5) is 20.9. The van der Waals surface area contributed by atoms with Crippen LogP contribution in [0, 0.1) is 15.9 Å². The second kappa shape index (κ2) is 5.79.